The molecule has 112 valence electrons. The van der Waals surface area contributed by atoms with E-state index in [1.807, 2.05) is 0 Å². The van der Waals surface area contributed by atoms with Crippen LogP contribution in [0.5, 0.6) is 0 Å². The average Bonchev–Trinajstić information content (AvgIpc) is 2.30. The molecule has 1 fully saturated rings. The van der Waals surface area contributed by atoms with Crippen LogP contribution < -0.4 is 11.1 Å². The summed E-state index contributed by atoms with van der Waals surface area (Å²) in [5, 5.41) is 2.94. The standard InChI is InChI=1S/C13H26N2O3S/c1-13(2,7-8-14)6-3-12(16)15-11-4-9-19(17,18)10-5-11/h11H,3-10,14H2,1-2H3,(H,15,16). The lowest BCUT2D eigenvalue weighted by Crippen LogP contribution is -2.41. The molecule has 1 heterocycles. The molecule has 1 saturated heterocycles. The van der Waals surface area contributed by atoms with Crippen molar-refractivity contribution in [3.63, 3.8) is 0 Å². The summed E-state index contributed by atoms with van der Waals surface area (Å²) < 4.78 is 22.6. The van der Waals surface area contributed by atoms with Gasteiger partial charge >= 0.3 is 0 Å². The van der Waals surface area contributed by atoms with Crippen LogP contribution in [-0.4, -0.2) is 38.4 Å². The van der Waals surface area contributed by atoms with E-state index >= 15 is 0 Å². The Kier molecular flexibility index (Phi) is 5.80. The molecule has 5 nitrogen and oxygen atoms in total. The number of nitrogens with two attached hydrogens (primary N) is 1. The first kappa shape index (κ1) is 16.4. The van der Waals surface area contributed by atoms with Crippen LogP contribution in [0, 0.1) is 5.41 Å². The monoisotopic (exact) mass is 290 g/mol. The van der Waals surface area contributed by atoms with Gasteiger partial charge in [0.2, 0.25) is 5.91 Å². The zero-order valence-electron chi connectivity index (χ0n) is 11.9. The van der Waals surface area contributed by atoms with Crippen LogP contribution in [0.15, 0.2) is 0 Å². The van der Waals surface area contributed by atoms with Crippen LogP contribution in [0.25, 0.3) is 0 Å². The number of rotatable bonds is 6. The van der Waals surface area contributed by atoms with E-state index in [1.54, 1.807) is 0 Å². The minimum absolute atomic E-state index is 0.0219. The highest BCUT2D eigenvalue weighted by molar-refractivity contribution is 7.91. The molecule has 0 radical (unpaired) electrons. The molecule has 1 aliphatic heterocycles. The van der Waals surface area contributed by atoms with Crippen molar-refractivity contribution in [3.05, 3.63) is 0 Å². The molecule has 0 aromatic heterocycles. The molecule has 0 aromatic rings. The molecule has 0 bridgehead atoms. The highest BCUT2D eigenvalue weighted by Crippen LogP contribution is 2.25. The van der Waals surface area contributed by atoms with Crippen LogP contribution in [-0.2, 0) is 14.6 Å². The number of nitrogens with one attached hydrogen (secondary N) is 1. The van der Waals surface area contributed by atoms with Gasteiger partial charge in [-0.15, -0.1) is 0 Å². The molecule has 0 spiro atoms. The normalized spacial score (nSPS) is 20.2. The molecule has 0 atom stereocenters. The summed E-state index contributed by atoms with van der Waals surface area (Å²) in [5.74, 6) is 0.405. The Bertz CT molecular complexity index is 390. The molecule has 19 heavy (non-hydrogen) atoms. The summed E-state index contributed by atoms with van der Waals surface area (Å²) in [5.41, 5.74) is 5.62. The zero-order chi connectivity index (χ0) is 14.5. The third kappa shape index (κ3) is 6.38. The summed E-state index contributed by atoms with van der Waals surface area (Å²) in [6.45, 7) is 4.86. The Morgan fingerprint density at radius 3 is 2.37 bits per heavy atom. The first-order valence-electron chi connectivity index (χ1n) is 6.94. The molecular weight excluding hydrogens is 264 g/mol. The number of carbonyl (C=O) groups is 1. The third-order valence-corrected chi connectivity index (χ3v) is 5.49. The van der Waals surface area contributed by atoms with E-state index in [0.29, 0.717) is 25.8 Å². The maximum absolute atomic E-state index is 11.8. The fourth-order valence-corrected chi connectivity index (χ4v) is 3.79. The van der Waals surface area contributed by atoms with Gasteiger partial charge in [-0.05, 0) is 37.6 Å². The second-order valence-electron chi connectivity index (χ2n) is 6.20. The summed E-state index contributed by atoms with van der Waals surface area (Å²) in [6, 6.07) is 0.0219. The second-order valence-corrected chi connectivity index (χ2v) is 8.50. The van der Waals surface area contributed by atoms with Gasteiger partial charge < -0.3 is 11.1 Å². The first-order valence-corrected chi connectivity index (χ1v) is 8.76. The Hall–Kier alpha value is -0.620. The van der Waals surface area contributed by atoms with Crippen molar-refractivity contribution >= 4 is 15.7 Å². The van der Waals surface area contributed by atoms with Gasteiger partial charge in [-0.2, -0.15) is 0 Å². The summed E-state index contributed by atoms with van der Waals surface area (Å²) in [6.07, 6.45) is 3.28. The van der Waals surface area contributed by atoms with Gasteiger partial charge in [0.25, 0.3) is 0 Å². The van der Waals surface area contributed by atoms with Gasteiger partial charge in [0.15, 0.2) is 0 Å². The molecule has 0 aliphatic carbocycles. The topological polar surface area (TPSA) is 89.3 Å². The molecule has 1 aliphatic rings. The number of hydrogen-bond donors (Lipinski definition) is 2. The largest absolute Gasteiger partial charge is 0.353 e. The van der Waals surface area contributed by atoms with Gasteiger partial charge in [0, 0.05) is 12.5 Å². The van der Waals surface area contributed by atoms with E-state index in [1.165, 1.54) is 0 Å². The minimum atomic E-state index is -2.86. The van der Waals surface area contributed by atoms with Crippen molar-refractivity contribution in [3.8, 4) is 0 Å². The van der Waals surface area contributed by atoms with E-state index in [-0.39, 0.29) is 28.9 Å². The smallest absolute Gasteiger partial charge is 0.220 e. The lowest BCUT2D eigenvalue weighted by Gasteiger charge is -2.26. The Balaban J connectivity index is 2.29. The van der Waals surface area contributed by atoms with Crippen LogP contribution in [0.1, 0.15) is 46.0 Å². The van der Waals surface area contributed by atoms with E-state index in [0.717, 1.165) is 12.8 Å². The van der Waals surface area contributed by atoms with E-state index in [4.69, 9.17) is 5.73 Å². The quantitative estimate of drug-likeness (QED) is 0.758. The number of hydrogen-bond acceptors (Lipinski definition) is 4. The molecule has 3 N–H and O–H groups in total. The number of sulfone groups is 1. The SMILES string of the molecule is CC(C)(CCN)CCC(=O)NC1CCS(=O)(=O)CC1. The van der Waals surface area contributed by atoms with Gasteiger partial charge in [0.1, 0.15) is 9.84 Å². The highest BCUT2D eigenvalue weighted by Gasteiger charge is 2.25. The maximum atomic E-state index is 11.8. The Morgan fingerprint density at radius 1 is 1.26 bits per heavy atom. The van der Waals surface area contributed by atoms with E-state index < -0.39 is 9.84 Å². The van der Waals surface area contributed by atoms with Gasteiger partial charge in [-0.3, -0.25) is 4.79 Å². The maximum Gasteiger partial charge on any atom is 0.220 e. The fourth-order valence-electron chi connectivity index (χ4n) is 2.30. The van der Waals surface area contributed by atoms with Gasteiger partial charge in [-0.25, -0.2) is 8.42 Å². The van der Waals surface area contributed by atoms with Crippen molar-refractivity contribution < 1.29 is 13.2 Å². The molecule has 1 amide bonds. The predicted molar refractivity (Wildman–Crippen MR) is 76.5 cm³/mol. The first-order chi connectivity index (χ1) is 8.74. The molecular formula is C13H26N2O3S. The fraction of sp³-hybridized carbons (Fsp3) is 0.923. The summed E-state index contributed by atoms with van der Waals surface area (Å²) in [4.78, 5) is 11.8. The van der Waals surface area contributed by atoms with Gasteiger partial charge in [0.05, 0.1) is 11.5 Å². The predicted octanol–water partition coefficient (Wildman–Crippen LogP) is 0.835. The zero-order valence-corrected chi connectivity index (χ0v) is 12.8. The van der Waals surface area contributed by atoms with E-state index in [9.17, 15) is 13.2 Å². The second kappa shape index (κ2) is 6.70. The van der Waals surface area contributed by atoms with Crippen LogP contribution in [0.4, 0.5) is 0 Å². The van der Waals surface area contributed by atoms with Crippen LogP contribution in [0.2, 0.25) is 0 Å². The van der Waals surface area contributed by atoms with Crippen LogP contribution in [0.3, 0.4) is 0 Å². The summed E-state index contributed by atoms with van der Waals surface area (Å²) in [7, 11) is -2.86. The number of carbonyl (C=O) groups excluding carboxylic acids is 1. The molecule has 0 unspecified atom stereocenters. The Morgan fingerprint density at radius 2 is 1.84 bits per heavy atom. The average molecular weight is 290 g/mol. The Labute approximate surface area is 116 Å². The van der Waals surface area contributed by atoms with E-state index in [2.05, 4.69) is 19.2 Å². The molecule has 1 rings (SSSR count). The molecule has 0 aromatic carbocycles. The van der Waals surface area contributed by atoms with Crippen molar-refractivity contribution in [2.45, 2.75) is 52.0 Å². The van der Waals surface area contributed by atoms with Crippen LogP contribution >= 0.6 is 0 Å². The minimum Gasteiger partial charge on any atom is -0.353 e. The van der Waals surface area contributed by atoms with Crippen molar-refractivity contribution in [2.75, 3.05) is 18.1 Å². The highest BCUT2D eigenvalue weighted by atomic mass is 32.2. The molecule has 0 saturated carbocycles. The lowest BCUT2D eigenvalue weighted by molar-refractivity contribution is -0.122. The summed E-state index contributed by atoms with van der Waals surface area (Å²) >= 11 is 0. The number of amides is 1. The van der Waals surface area contributed by atoms with Crippen molar-refractivity contribution in [2.24, 2.45) is 11.1 Å². The third-order valence-electron chi connectivity index (χ3n) is 3.77. The molecule has 6 heteroatoms. The lowest BCUT2D eigenvalue weighted by atomic mass is 9.84. The van der Waals surface area contributed by atoms with Gasteiger partial charge in [-0.1, -0.05) is 13.8 Å². The van der Waals surface area contributed by atoms with Crippen molar-refractivity contribution in [1.29, 1.82) is 0 Å². The van der Waals surface area contributed by atoms with Crippen molar-refractivity contribution in [1.82, 2.24) is 5.32 Å².